The summed E-state index contributed by atoms with van der Waals surface area (Å²) in [6.07, 6.45) is 1.69. The molecule has 29 heavy (non-hydrogen) atoms. The van der Waals surface area contributed by atoms with E-state index < -0.39 is 4.92 Å². The Morgan fingerprint density at radius 2 is 1.97 bits per heavy atom. The normalized spacial score (nSPS) is 11.0. The zero-order valence-corrected chi connectivity index (χ0v) is 17.9. The molecule has 0 bridgehead atoms. The molecule has 0 unspecified atom stereocenters. The van der Waals surface area contributed by atoms with Crippen LogP contribution >= 0.6 is 34.2 Å². The van der Waals surface area contributed by atoms with Gasteiger partial charge in [-0.3, -0.25) is 10.1 Å². The number of rotatable bonds is 6. The van der Waals surface area contributed by atoms with Crippen molar-refractivity contribution >= 4 is 51.5 Å². The first-order chi connectivity index (χ1) is 14.0. The molecule has 0 radical (unpaired) electrons. The second-order valence-electron chi connectivity index (χ2n) is 6.05. The van der Waals surface area contributed by atoms with Gasteiger partial charge in [0.1, 0.15) is 12.4 Å². The van der Waals surface area contributed by atoms with Gasteiger partial charge in [0.05, 0.1) is 20.1 Å². The standard InChI is InChI=1S/C22H14ClIN2O3/c23-20-7-2-1-4-17(20)14-29-22-9-8-15(11-21(22)24)10-18(13-25)16-5-3-6-19(12-16)26(27)28/h1-12H,14H2/b18-10-. The number of benzene rings is 3. The summed E-state index contributed by atoms with van der Waals surface area (Å²) in [4.78, 5) is 10.5. The molecule has 0 saturated carbocycles. The summed E-state index contributed by atoms with van der Waals surface area (Å²) >= 11 is 8.32. The molecule has 7 heteroatoms. The molecule has 0 aliphatic carbocycles. The van der Waals surface area contributed by atoms with Crippen LogP contribution in [0.4, 0.5) is 5.69 Å². The number of nitrogens with zero attached hydrogens (tertiary/aromatic N) is 2. The maximum absolute atomic E-state index is 11.0. The predicted octanol–water partition coefficient (Wildman–Crippen LogP) is 6.50. The van der Waals surface area contributed by atoms with Gasteiger partial charge in [-0.1, -0.05) is 48.0 Å². The van der Waals surface area contributed by atoms with E-state index in [9.17, 15) is 15.4 Å². The molecule has 0 atom stereocenters. The minimum atomic E-state index is -0.480. The molecule has 144 valence electrons. The minimum Gasteiger partial charge on any atom is -0.488 e. The minimum absolute atomic E-state index is 0.0541. The Kier molecular flexibility index (Phi) is 6.86. The average Bonchev–Trinajstić information content (AvgIpc) is 2.72. The van der Waals surface area contributed by atoms with E-state index >= 15 is 0 Å². The molecule has 3 rings (SSSR count). The van der Waals surface area contributed by atoms with Gasteiger partial charge in [-0.25, -0.2) is 0 Å². The monoisotopic (exact) mass is 516 g/mol. The van der Waals surface area contributed by atoms with Gasteiger partial charge in [0.25, 0.3) is 5.69 Å². The third-order valence-corrected chi connectivity index (χ3v) is 5.31. The average molecular weight is 517 g/mol. The number of non-ortho nitro benzene ring substituents is 1. The lowest BCUT2D eigenvalue weighted by Crippen LogP contribution is -1.98. The van der Waals surface area contributed by atoms with Crippen LogP contribution in [0, 0.1) is 25.0 Å². The Labute approximate surface area is 186 Å². The Balaban J connectivity index is 1.81. The topological polar surface area (TPSA) is 76.2 Å². The Bertz CT molecular complexity index is 1140. The van der Waals surface area contributed by atoms with E-state index in [4.69, 9.17) is 16.3 Å². The van der Waals surface area contributed by atoms with E-state index in [0.29, 0.717) is 28.5 Å². The summed E-state index contributed by atoms with van der Waals surface area (Å²) in [5.41, 5.74) is 2.47. The molecule has 0 amide bonds. The van der Waals surface area contributed by atoms with E-state index in [2.05, 4.69) is 28.7 Å². The smallest absolute Gasteiger partial charge is 0.270 e. The molecule has 3 aromatic rings. The lowest BCUT2D eigenvalue weighted by molar-refractivity contribution is -0.384. The van der Waals surface area contributed by atoms with Crippen LogP contribution in [0.1, 0.15) is 16.7 Å². The van der Waals surface area contributed by atoms with E-state index in [1.807, 2.05) is 42.5 Å². The summed E-state index contributed by atoms with van der Waals surface area (Å²) in [5, 5.41) is 21.1. The molecule has 0 heterocycles. The number of allylic oxidation sites excluding steroid dienone is 1. The van der Waals surface area contributed by atoms with Gasteiger partial charge in [0, 0.05) is 22.7 Å². The van der Waals surface area contributed by atoms with E-state index in [1.54, 1.807) is 18.2 Å². The summed E-state index contributed by atoms with van der Waals surface area (Å²) in [7, 11) is 0. The number of ether oxygens (including phenoxy) is 1. The molecule has 0 N–H and O–H groups in total. The Morgan fingerprint density at radius 3 is 2.66 bits per heavy atom. The van der Waals surface area contributed by atoms with E-state index in [1.165, 1.54) is 12.1 Å². The van der Waals surface area contributed by atoms with Gasteiger partial charge in [0.15, 0.2) is 0 Å². The summed E-state index contributed by atoms with van der Waals surface area (Å²) in [6.45, 7) is 0.349. The van der Waals surface area contributed by atoms with Gasteiger partial charge in [-0.15, -0.1) is 0 Å². The highest BCUT2D eigenvalue weighted by molar-refractivity contribution is 14.1. The predicted molar refractivity (Wildman–Crippen MR) is 122 cm³/mol. The first-order valence-corrected chi connectivity index (χ1v) is 9.96. The van der Waals surface area contributed by atoms with Crippen molar-refractivity contribution in [3.63, 3.8) is 0 Å². The summed E-state index contributed by atoms with van der Waals surface area (Å²) < 4.78 is 6.74. The van der Waals surface area contributed by atoms with E-state index in [0.717, 1.165) is 14.7 Å². The maximum Gasteiger partial charge on any atom is 0.270 e. The van der Waals surface area contributed by atoms with Crippen LogP contribution in [0.2, 0.25) is 5.02 Å². The molecular weight excluding hydrogens is 503 g/mol. The fourth-order valence-corrected chi connectivity index (χ4v) is 3.51. The fourth-order valence-electron chi connectivity index (χ4n) is 2.63. The van der Waals surface area contributed by atoms with Crippen LogP contribution in [-0.4, -0.2) is 4.92 Å². The highest BCUT2D eigenvalue weighted by atomic mass is 127. The Morgan fingerprint density at radius 1 is 1.17 bits per heavy atom. The number of hydrogen-bond acceptors (Lipinski definition) is 4. The van der Waals surface area contributed by atoms with Gasteiger partial charge < -0.3 is 4.74 Å². The van der Waals surface area contributed by atoms with Crippen molar-refractivity contribution in [2.45, 2.75) is 6.61 Å². The van der Waals surface area contributed by atoms with Crippen molar-refractivity contribution in [1.29, 1.82) is 5.26 Å². The molecule has 0 aromatic heterocycles. The van der Waals surface area contributed by atoms with Gasteiger partial charge >= 0.3 is 0 Å². The van der Waals surface area contributed by atoms with Crippen LogP contribution in [0.5, 0.6) is 5.75 Å². The SMILES string of the molecule is N#C/C(=C/c1ccc(OCc2ccccc2Cl)c(I)c1)c1cccc([N+](=O)[O-])c1. The lowest BCUT2D eigenvalue weighted by Gasteiger charge is -2.10. The Hall–Kier alpha value is -2.89. The highest BCUT2D eigenvalue weighted by Gasteiger charge is 2.10. The summed E-state index contributed by atoms with van der Waals surface area (Å²) in [5.74, 6) is 0.705. The lowest BCUT2D eigenvalue weighted by atomic mass is 10.0. The summed E-state index contributed by atoms with van der Waals surface area (Å²) in [6, 6.07) is 21.2. The van der Waals surface area contributed by atoms with Crippen LogP contribution in [-0.2, 0) is 6.61 Å². The second-order valence-corrected chi connectivity index (χ2v) is 7.62. The van der Waals surface area contributed by atoms with Crippen LogP contribution in [0.25, 0.3) is 11.6 Å². The van der Waals surface area contributed by atoms with Crippen molar-refractivity contribution in [2.75, 3.05) is 0 Å². The first kappa shape index (κ1) is 20.8. The third-order valence-electron chi connectivity index (χ3n) is 4.10. The van der Waals surface area contributed by atoms with Gasteiger partial charge in [-0.05, 0) is 58.0 Å². The van der Waals surface area contributed by atoms with E-state index in [-0.39, 0.29) is 5.69 Å². The maximum atomic E-state index is 11.0. The zero-order valence-electron chi connectivity index (χ0n) is 15.0. The quantitative estimate of drug-likeness (QED) is 0.123. The number of halogens is 2. The molecule has 5 nitrogen and oxygen atoms in total. The molecule has 0 aliphatic heterocycles. The third kappa shape index (κ3) is 5.34. The van der Waals surface area contributed by atoms with Crippen molar-refractivity contribution < 1.29 is 9.66 Å². The zero-order chi connectivity index (χ0) is 20.8. The molecule has 3 aromatic carbocycles. The number of nitro benzene ring substituents is 1. The van der Waals surface area contributed by atoms with Crippen LogP contribution < -0.4 is 4.74 Å². The largest absolute Gasteiger partial charge is 0.488 e. The van der Waals surface area contributed by atoms with Crippen molar-refractivity contribution in [3.05, 3.63) is 102 Å². The van der Waals surface area contributed by atoms with Crippen molar-refractivity contribution in [1.82, 2.24) is 0 Å². The fraction of sp³-hybridized carbons (Fsp3) is 0.0455. The van der Waals surface area contributed by atoms with Gasteiger partial charge in [0.2, 0.25) is 0 Å². The van der Waals surface area contributed by atoms with Crippen molar-refractivity contribution in [3.8, 4) is 11.8 Å². The first-order valence-electron chi connectivity index (χ1n) is 8.50. The molecule has 0 fully saturated rings. The molecule has 0 aliphatic rings. The second kappa shape index (κ2) is 9.54. The number of nitro groups is 1. The van der Waals surface area contributed by atoms with Gasteiger partial charge in [-0.2, -0.15) is 5.26 Å². The van der Waals surface area contributed by atoms with Crippen LogP contribution in [0.3, 0.4) is 0 Å². The molecule has 0 spiro atoms. The van der Waals surface area contributed by atoms with Crippen molar-refractivity contribution in [2.24, 2.45) is 0 Å². The molecular formula is C22H14ClIN2O3. The van der Waals surface area contributed by atoms with Crippen LogP contribution in [0.15, 0.2) is 66.7 Å². The molecule has 0 saturated heterocycles. The number of nitriles is 1. The number of hydrogen-bond donors (Lipinski definition) is 0. The highest BCUT2D eigenvalue weighted by Crippen LogP contribution is 2.27.